The highest BCUT2D eigenvalue weighted by Gasteiger charge is 2.20. The molecule has 0 radical (unpaired) electrons. The van der Waals surface area contributed by atoms with Gasteiger partial charge in [0.05, 0.1) is 13.2 Å². The van der Waals surface area contributed by atoms with Gasteiger partial charge in [-0.3, -0.25) is 4.99 Å². The average molecular weight is 355 g/mol. The Kier molecular flexibility index (Phi) is 9.91. The fraction of sp³-hybridized carbons (Fsp3) is 0.917. The normalized spacial score (nSPS) is 15.6. The second-order valence-corrected chi connectivity index (χ2v) is 4.58. The molecule has 0 spiro atoms. The third-order valence-electron chi connectivity index (χ3n) is 2.33. The van der Waals surface area contributed by atoms with E-state index >= 15 is 0 Å². The predicted octanol–water partition coefficient (Wildman–Crippen LogP) is 1.99. The summed E-state index contributed by atoms with van der Waals surface area (Å²) in [7, 11) is 0. The van der Waals surface area contributed by atoms with Gasteiger partial charge in [0.25, 0.3) is 0 Å². The zero-order chi connectivity index (χ0) is 11.8. The Hall–Kier alpha value is -0.0400. The van der Waals surface area contributed by atoms with Crippen molar-refractivity contribution in [2.75, 3.05) is 26.3 Å². The van der Waals surface area contributed by atoms with E-state index in [4.69, 9.17) is 4.74 Å². The molecule has 0 aromatic rings. The van der Waals surface area contributed by atoms with Crippen LogP contribution in [-0.4, -0.2) is 38.3 Å². The number of guanidine groups is 1. The monoisotopic (exact) mass is 355 g/mol. The van der Waals surface area contributed by atoms with Gasteiger partial charge in [0.1, 0.15) is 0 Å². The van der Waals surface area contributed by atoms with E-state index in [1.54, 1.807) is 0 Å². The van der Waals surface area contributed by atoms with Crippen molar-refractivity contribution in [2.45, 2.75) is 39.7 Å². The molecular formula is C12H26IN3O. The van der Waals surface area contributed by atoms with Crippen LogP contribution < -0.4 is 10.6 Å². The summed E-state index contributed by atoms with van der Waals surface area (Å²) in [6, 6.07) is 0.408. The molecule has 2 N–H and O–H groups in total. The topological polar surface area (TPSA) is 45.7 Å². The number of hydrogen-bond acceptors (Lipinski definition) is 2. The Morgan fingerprint density at radius 3 is 2.65 bits per heavy atom. The standard InChI is InChI=1S/C12H25N3O.HI/c1-4-13-12(15-10(2)3)14-7-8-16-9-11-5-6-11;/h10-11H,4-9H2,1-3H3,(H2,13,14,15);1H. The Bertz CT molecular complexity index is 218. The van der Waals surface area contributed by atoms with E-state index in [2.05, 4.69) is 36.4 Å². The van der Waals surface area contributed by atoms with Gasteiger partial charge in [0, 0.05) is 19.2 Å². The molecule has 1 saturated carbocycles. The Labute approximate surface area is 122 Å². The van der Waals surface area contributed by atoms with Crippen LogP contribution in [0.5, 0.6) is 0 Å². The molecule has 0 saturated heterocycles. The zero-order valence-electron chi connectivity index (χ0n) is 11.2. The Morgan fingerprint density at radius 1 is 1.41 bits per heavy atom. The first-order valence-corrected chi connectivity index (χ1v) is 6.35. The molecule has 0 aliphatic heterocycles. The summed E-state index contributed by atoms with van der Waals surface area (Å²) in [4.78, 5) is 4.44. The first kappa shape index (κ1) is 17.0. The highest BCUT2D eigenvalue weighted by molar-refractivity contribution is 14.0. The number of nitrogens with one attached hydrogen (secondary N) is 2. The molecule has 1 aliphatic rings. The maximum atomic E-state index is 5.53. The Morgan fingerprint density at radius 2 is 2.12 bits per heavy atom. The molecule has 5 heteroatoms. The van der Waals surface area contributed by atoms with Crippen LogP contribution in [0.2, 0.25) is 0 Å². The van der Waals surface area contributed by atoms with E-state index in [1.807, 2.05) is 0 Å². The third-order valence-corrected chi connectivity index (χ3v) is 2.33. The molecule has 0 atom stereocenters. The van der Waals surface area contributed by atoms with Crippen LogP contribution in [0.1, 0.15) is 33.6 Å². The van der Waals surface area contributed by atoms with Crippen LogP contribution in [0, 0.1) is 5.92 Å². The molecule has 17 heavy (non-hydrogen) atoms. The summed E-state index contributed by atoms with van der Waals surface area (Å²) in [5.74, 6) is 1.72. The van der Waals surface area contributed by atoms with Crippen LogP contribution in [0.3, 0.4) is 0 Å². The van der Waals surface area contributed by atoms with Crippen molar-refractivity contribution in [3.05, 3.63) is 0 Å². The summed E-state index contributed by atoms with van der Waals surface area (Å²) in [6.07, 6.45) is 2.70. The number of nitrogens with zero attached hydrogens (tertiary/aromatic N) is 1. The van der Waals surface area contributed by atoms with Gasteiger partial charge >= 0.3 is 0 Å². The quantitative estimate of drug-likeness (QED) is 0.318. The lowest BCUT2D eigenvalue weighted by Gasteiger charge is -2.13. The van der Waals surface area contributed by atoms with Crippen molar-refractivity contribution >= 4 is 29.9 Å². The van der Waals surface area contributed by atoms with Crippen molar-refractivity contribution in [3.63, 3.8) is 0 Å². The maximum Gasteiger partial charge on any atom is 0.191 e. The molecule has 0 aromatic carbocycles. The van der Waals surface area contributed by atoms with Crippen LogP contribution >= 0.6 is 24.0 Å². The number of ether oxygens (including phenoxy) is 1. The molecule has 0 amide bonds. The van der Waals surface area contributed by atoms with E-state index in [9.17, 15) is 0 Å². The predicted molar refractivity (Wildman–Crippen MR) is 83.2 cm³/mol. The number of aliphatic imine (C=N–C) groups is 1. The first-order valence-electron chi connectivity index (χ1n) is 6.35. The summed E-state index contributed by atoms with van der Waals surface area (Å²) in [5.41, 5.74) is 0. The minimum absolute atomic E-state index is 0. The molecule has 0 heterocycles. The molecular weight excluding hydrogens is 329 g/mol. The van der Waals surface area contributed by atoms with Crippen molar-refractivity contribution < 1.29 is 4.74 Å². The van der Waals surface area contributed by atoms with E-state index in [0.29, 0.717) is 6.04 Å². The summed E-state index contributed by atoms with van der Waals surface area (Å²) < 4.78 is 5.53. The summed E-state index contributed by atoms with van der Waals surface area (Å²) in [5, 5.41) is 6.49. The molecule has 1 fully saturated rings. The molecule has 0 aromatic heterocycles. The van der Waals surface area contributed by atoms with Gasteiger partial charge in [-0.05, 0) is 39.5 Å². The highest BCUT2D eigenvalue weighted by atomic mass is 127. The zero-order valence-corrected chi connectivity index (χ0v) is 13.5. The van der Waals surface area contributed by atoms with E-state index in [0.717, 1.165) is 38.2 Å². The van der Waals surface area contributed by atoms with Crippen molar-refractivity contribution in [2.24, 2.45) is 10.9 Å². The first-order chi connectivity index (χ1) is 7.72. The average Bonchev–Trinajstić information content (AvgIpc) is 3.00. The molecule has 0 unspecified atom stereocenters. The van der Waals surface area contributed by atoms with Crippen LogP contribution in [-0.2, 0) is 4.74 Å². The van der Waals surface area contributed by atoms with E-state index in [1.165, 1.54) is 12.8 Å². The lowest BCUT2D eigenvalue weighted by Crippen LogP contribution is -2.41. The van der Waals surface area contributed by atoms with Gasteiger partial charge < -0.3 is 15.4 Å². The lowest BCUT2D eigenvalue weighted by atomic mass is 10.4. The highest BCUT2D eigenvalue weighted by Crippen LogP contribution is 2.28. The van der Waals surface area contributed by atoms with Crippen LogP contribution in [0.15, 0.2) is 4.99 Å². The smallest absolute Gasteiger partial charge is 0.191 e. The van der Waals surface area contributed by atoms with Gasteiger partial charge in [-0.15, -0.1) is 24.0 Å². The molecule has 1 aliphatic carbocycles. The second kappa shape index (κ2) is 9.94. The van der Waals surface area contributed by atoms with Gasteiger partial charge in [0.2, 0.25) is 0 Å². The third kappa shape index (κ3) is 9.64. The number of halogens is 1. The fourth-order valence-corrected chi connectivity index (χ4v) is 1.35. The summed E-state index contributed by atoms with van der Waals surface area (Å²) in [6.45, 7) is 9.55. The summed E-state index contributed by atoms with van der Waals surface area (Å²) >= 11 is 0. The molecule has 0 bridgehead atoms. The minimum atomic E-state index is 0. The van der Waals surface area contributed by atoms with Gasteiger partial charge in [-0.2, -0.15) is 0 Å². The maximum absolute atomic E-state index is 5.53. The van der Waals surface area contributed by atoms with Gasteiger partial charge in [-0.1, -0.05) is 0 Å². The second-order valence-electron chi connectivity index (χ2n) is 4.58. The molecule has 102 valence electrons. The largest absolute Gasteiger partial charge is 0.379 e. The SMILES string of the molecule is CCNC(=NCCOCC1CC1)NC(C)C.I. The van der Waals surface area contributed by atoms with Gasteiger partial charge in [-0.25, -0.2) is 0 Å². The van der Waals surface area contributed by atoms with E-state index < -0.39 is 0 Å². The van der Waals surface area contributed by atoms with E-state index in [-0.39, 0.29) is 24.0 Å². The van der Waals surface area contributed by atoms with Crippen molar-refractivity contribution in [3.8, 4) is 0 Å². The van der Waals surface area contributed by atoms with Gasteiger partial charge in [0.15, 0.2) is 5.96 Å². The number of rotatable bonds is 7. The minimum Gasteiger partial charge on any atom is -0.379 e. The van der Waals surface area contributed by atoms with Crippen molar-refractivity contribution in [1.82, 2.24) is 10.6 Å². The molecule has 1 rings (SSSR count). The number of hydrogen-bond donors (Lipinski definition) is 2. The Balaban J connectivity index is 0.00000256. The molecule has 4 nitrogen and oxygen atoms in total. The van der Waals surface area contributed by atoms with Crippen LogP contribution in [0.25, 0.3) is 0 Å². The van der Waals surface area contributed by atoms with Crippen molar-refractivity contribution in [1.29, 1.82) is 0 Å². The fourth-order valence-electron chi connectivity index (χ4n) is 1.35. The van der Waals surface area contributed by atoms with Crippen LogP contribution in [0.4, 0.5) is 0 Å². The lowest BCUT2D eigenvalue weighted by molar-refractivity contribution is 0.131.